The standard InChI is InChI=1S/C11H13NO4S/c13-9(8-1-4-16-7-8)12-11(10(14)15)2-5-17-6-3-11/h1,4,7H,2-3,5-6H2,(H,12,13)(H,14,15). The van der Waals surface area contributed by atoms with Gasteiger partial charge in [-0.1, -0.05) is 0 Å². The topological polar surface area (TPSA) is 79.5 Å². The van der Waals surface area contributed by atoms with Crippen molar-refractivity contribution in [3.63, 3.8) is 0 Å². The van der Waals surface area contributed by atoms with Crippen LogP contribution in [0.25, 0.3) is 0 Å². The zero-order valence-corrected chi connectivity index (χ0v) is 9.96. The number of amides is 1. The SMILES string of the molecule is O=C(NC1(C(=O)O)CCSCC1)c1ccoc1. The van der Waals surface area contributed by atoms with Gasteiger partial charge in [0.2, 0.25) is 0 Å². The first-order valence-corrected chi connectivity index (χ1v) is 6.45. The summed E-state index contributed by atoms with van der Waals surface area (Å²) in [6.07, 6.45) is 3.61. The quantitative estimate of drug-likeness (QED) is 0.852. The second-order valence-electron chi connectivity index (χ2n) is 3.97. The molecule has 1 fully saturated rings. The summed E-state index contributed by atoms with van der Waals surface area (Å²) in [4.78, 5) is 23.2. The van der Waals surface area contributed by atoms with Gasteiger partial charge in [-0.2, -0.15) is 11.8 Å². The Bertz CT molecular complexity index is 409. The van der Waals surface area contributed by atoms with Crippen LogP contribution in [0, 0.1) is 0 Å². The van der Waals surface area contributed by atoms with Crippen LogP contribution in [-0.2, 0) is 4.79 Å². The highest BCUT2D eigenvalue weighted by molar-refractivity contribution is 7.99. The van der Waals surface area contributed by atoms with E-state index in [1.54, 1.807) is 11.8 Å². The maximum Gasteiger partial charge on any atom is 0.329 e. The van der Waals surface area contributed by atoms with E-state index in [2.05, 4.69) is 5.32 Å². The molecule has 0 aliphatic carbocycles. The van der Waals surface area contributed by atoms with Gasteiger partial charge in [0.1, 0.15) is 11.8 Å². The van der Waals surface area contributed by atoms with Crippen LogP contribution < -0.4 is 5.32 Å². The molecule has 0 radical (unpaired) electrons. The fraction of sp³-hybridized carbons (Fsp3) is 0.455. The number of furan rings is 1. The highest BCUT2D eigenvalue weighted by Crippen LogP contribution is 2.27. The van der Waals surface area contributed by atoms with Gasteiger partial charge in [0.15, 0.2) is 0 Å². The van der Waals surface area contributed by atoms with Crippen LogP contribution in [0.5, 0.6) is 0 Å². The molecule has 0 unspecified atom stereocenters. The normalized spacial score (nSPS) is 18.6. The zero-order valence-electron chi connectivity index (χ0n) is 9.14. The molecule has 1 aliphatic rings. The highest BCUT2D eigenvalue weighted by atomic mass is 32.2. The van der Waals surface area contributed by atoms with E-state index in [4.69, 9.17) is 4.42 Å². The monoisotopic (exact) mass is 255 g/mol. The van der Waals surface area contributed by atoms with Crippen molar-refractivity contribution < 1.29 is 19.1 Å². The Hall–Kier alpha value is -1.43. The molecule has 0 saturated carbocycles. The number of hydrogen-bond donors (Lipinski definition) is 2. The molecule has 0 atom stereocenters. The molecule has 0 aromatic carbocycles. The lowest BCUT2D eigenvalue weighted by Gasteiger charge is -2.33. The van der Waals surface area contributed by atoms with Gasteiger partial charge in [0.05, 0.1) is 11.8 Å². The van der Waals surface area contributed by atoms with E-state index >= 15 is 0 Å². The number of carboxylic acids is 1. The molecule has 17 heavy (non-hydrogen) atoms. The molecular formula is C11H13NO4S. The van der Waals surface area contributed by atoms with E-state index in [1.807, 2.05) is 0 Å². The first kappa shape index (κ1) is 12.0. The fourth-order valence-corrected chi connectivity index (χ4v) is 2.99. The van der Waals surface area contributed by atoms with E-state index in [0.717, 1.165) is 11.5 Å². The van der Waals surface area contributed by atoms with Crippen LogP contribution in [0.3, 0.4) is 0 Å². The number of rotatable bonds is 3. The third kappa shape index (κ3) is 2.46. The molecule has 1 saturated heterocycles. The van der Waals surface area contributed by atoms with Crippen molar-refractivity contribution in [2.75, 3.05) is 11.5 Å². The van der Waals surface area contributed by atoms with Gasteiger partial charge in [-0.05, 0) is 30.4 Å². The summed E-state index contributed by atoms with van der Waals surface area (Å²) in [6, 6.07) is 1.52. The Morgan fingerprint density at radius 1 is 1.41 bits per heavy atom. The smallest absolute Gasteiger partial charge is 0.329 e. The second-order valence-corrected chi connectivity index (χ2v) is 5.19. The Morgan fingerprint density at radius 3 is 2.65 bits per heavy atom. The van der Waals surface area contributed by atoms with Gasteiger partial charge < -0.3 is 14.8 Å². The molecule has 1 aromatic heterocycles. The van der Waals surface area contributed by atoms with Gasteiger partial charge in [0.25, 0.3) is 5.91 Å². The van der Waals surface area contributed by atoms with Crippen molar-refractivity contribution >= 4 is 23.6 Å². The maximum absolute atomic E-state index is 11.8. The molecule has 1 aromatic rings. The zero-order chi connectivity index (χ0) is 12.3. The van der Waals surface area contributed by atoms with Crippen molar-refractivity contribution in [2.24, 2.45) is 0 Å². The summed E-state index contributed by atoms with van der Waals surface area (Å²) in [5.74, 6) is 0.137. The van der Waals surface area contributed by atoms with E-state index < -0.39 is 17.4 Å². The largest absolute Gasteiger partial charge is 0.480 e. The van der Waals surface area contributed by atoms with Crippen molar-refractivity contribution in [3.05, 3.63) is 24.2 Å². The van der Waals surface area contributed by atoms with E-state index in [0.29, 0.717) is 18.4 Å². The predicted octanol–water partition coefficient (Wildman–Crippen LogP) is 1.36. The summed E-state index contributed by atoms with van der Waals surface area (Å²) < 4.78 is 4.81. The minimum atomic E-state index is -1.13. The van der Waals surface area contributed by atoms with Crippen molar-refractivity contribution in [1.29, 1.82) is 0 Å². The Balaban J connectivity index is 2.13. The summed E-state index contributed by atoms with van der Waals surface area (Å²) in [6.45, 7) is 0. The average molecular weight is 255 g/mol. The van der Waals surface area contributed by atoms with E-state index in [-0.39, 0.29) is 0 Å². The third-order valence-electron chi connectivity index (χ3n) is 2.89. The lowest BCUT2D eigenvalue weighted by molar-refractivity contribution is -0.144. The summed E-state index contributed by atoms with van der Waals surface area (Å²) >= 11 is 1.71. The summed E-state index contributed by atoms with van der Waals surface area (Å²) in [7, 11) is 0. The minimum Gasteiger partial charge on any atom is -0.480 e. The van der Waals surface area contributed by atoms with Gasteiger partial charge in [-0.25, -0.2) is 4.79 Å². The third-order valence-corrected chi connectivity index (χ3v) is 3.88. The van der Waals surface area contributed by atoms with Crippen molar-refractivity contribution in [2.45, 2.75) is 18.4 Å². The minimum absolute atomic E-state index is 0.351. The first-order valence-electron chi connectivity index (χ1n) is 5.30. The molecule has 6 heteroatoms. The Morgan fingerprint density at radius 2 is 2.12 bits per heavy atom. The van der Waals surface area contributed by atoms with Gasteiger partial charge in [-0.3, -0.25) is 4.79 Å². The number of aliphatic carboxylic acids is 1. The Kier molecular flexibility index (Phi) is 3.42. The molecule has 0 bridgehead atoms. The second kappa shape index (κ2) is 4.83. The van der Waals surface area contributed by atoms with E-state index in [9.17, 15) is 14.7 Å². The predicted molar refractivity (Wildman–Crippen MR) is 63.1 cm³/mol. The molecule has 2 N–H and O–H groups in total. The van der Waals surface area contributed by atoms with E-state index in [1.165, 1.54) is 18.6 Å². The maximum atomic E-state index is 11.8. The molecule has 92 valence electrons. The summed E-state index contributed by atoms with van der Waals surface area (Å²) in [5, 5.41) is 11.9. The number of thioether (sulfide) groups is 1. The lowest BCUT2D eigenvalue weighted by Crippen LogP contribution is -2.56. The van der Waals surface area contributed by atoms with Crippen LogP contribution in [-0.4, -0.2) is 34.0 Å². The molecule has 0 spiro atoms. The van der Waals surface area contributed by atoms with Gasteiger partial charge >= 0.3 is 5.97 Å². The molecule has 5 nitrogen and oxygen atoms in total. The van der Waals surface area contributed by atoms with Gasteiger partial charge in [0, 0.05) is 0 Å². The highest BCUT2D eigenvalue weighted by Gasteiger charge is 2.41. The number of carbonyl (C=O) groups is 2. The van der Waals surface area contributed by atoms with Crippen LogP contribution in [0.1, 0.15) is 23.2 Å². The number of carbonyl (C=O) groups excluding carboxylic acids is 1. The molecule has 2 heterocycles. The first-order chi connectivity index (χ1) is 8.14. The number of hydrogen-bond acceptors (Lipinski definition) is 4. The average Bonchev–Trinajstić information content (AvgIpc) is 2.83. The van der Waals surface area contributed by atoms with Crippen LogP contribution in [0.2, 0.25) is 0 Å². The molecule has 2 rings (SSSR count). The van der Waals surface area contributed by atoms with Crippen LogP contribution >= 0.6 is 11.8 Å². The number of nitrogens with one attached hydrogen (secondary N) is 1. The fourth-order valence-electron chi connectivity index (χ4n) is 1.80. The number of carboxylic acid groups (broad SMARTS) is 1. The van der Waals surface area contributed by atoms with Gasteiger partial charge in [-0.15, -0.1) is 0 Å². The van der Waals surface area contributed by atoms with Crippen molar-refractivity contribution in [3.8, 4) is 0 Å². The molecule has 1 aliphatic heterocycles. The van der Waals surface area contributed by atoms with Crippen LogP contribution in [0.15, 0.2) is 23.0 Å². The lowest BCUT2D eigenvalue weighted by atomic mass is 9.92. The molecular weight excluding hydrogens is 242 g/mol. The van der Waals surface area contributed by atoms with Crippen LogP contribution in [0.4, 0.5) is 0 Å². The molecule has 1 amide bonds. The van der Waals surface area contributed by atoms with Crippen molar-refractivity contribution in [1.82, 2.24) is 5.32 Å². The summed E-state index contributed by atoms with van der Waals surface area (Å²) in [5.41, 5.74) is -0.775. The Labute approximate surface area is 103 Å².